The second-order valence-corrected chi connectivity index (χ2v) is 4.79. The van der Waals surface area contributed by atoms with E-state index in [1.54, 1.807) is 0 Å². The van der Waals surface area contributed by atoms with Crippen molar-refractivity contribution in [2.24, 2.45) is 0 Å². The van der Waals surface area contributed by atoms with Crippen LogP contribution in [0.5, 0.6) is 11.5 Å². The minimum Gasteiger partial charge on any atom is -0.486 e. The van der Waals surface area contributed by atoms with Crippen LogP contribution >= 0.6 is 0 Å². The minimum atomic E-state index is -0.129. The zero-order valence-electron chi connectivity index (χ0n) is 11.9. The Balaban J connectivity index is 1.74. The average molecular weight is 278 g/mol. The fourth-order valence-electron chi connectivity index (χ4n) is 2.02. The Morgan fingerprint density at radius 3 is 2.75 bits per heavy atom. The lowest BCUT2D eigenvalue weighted by Gasteiger charge is -2.19. The van der Waals surface area contributed by atoms with Crippen molar-refractivity contribution in [2.45, 2.75) is 32.7 Å². The van der Waals surface area contributed by atoms with Gasteiger partial charge < -0.3 is 20.1 Å². The molecule has 0 bridgehead atoms. The molecule has 0 saturated heterocycles. The van der Waals surface area contributed by atoms with E-state index in [0.29, 0.717) is 19.8 Å². The molecule has 20 heavy (non-hydrogen) atoms. The van der Waals surface area contributed by atoms with Gasteiger partial charge >= 0.3 is 6.03 Å². The number of benzene rings is 1. The molecule has 1 aromatic rings. The molecule has 0 aromatic heterocycles. The zero-order chi connectivity index (χ0) is 14.2. The molecule has 0 unspecified atom stereocenters. The van der Waals surface area contributed by atoms with Gasteiger partial charge in [-0.05, 0) is 24.1 Å². The van der Waals surface area contributed by atoms with E-state index in [1.807, 2.05) is 18.2 Å². The van der Waals surface area contributed by atoms with Crippen molar-refractivity contribution in [3.8, 4) is 11.5 Å². The van der Waals surface area contributed by atoms with Gasteiger partial charge in [-0.3, -0.25) is 0 Å². The molecule has 0 aliphatic carbocycles. The second-order valence-electron chi connectivity index (χ2n) is 4.79. The zero-order valence-corrected chi connectivity index (χ0v) is 11.9. The van der Waals surface area contributed by atoms with Crippen molar-refractivity contribution in [2.75, 3.05) is 19.8 Å². The standard InChI is InChI=1S/C15H22N2O3/c1-2-3-4-7-16-15(18)17-11-12-5-6-13-14(10-12)20-9-8-19-13/h5-6,10H,2-4,7-9,11H2,1H3,(H2,16,17,18). The summed E-state index contributed by atoms with van der Waals surface area (Å²) in [4.78, 5) is 11.6. The summed E-state index contributed by atoms with van der Waals surface area (Å²) in [7, 11) is 0. The highest BCUT2D eigenvalue weighted by Gasteiger charge is 2.11. The van der Waals surface area contributed by atoms with Gasteiger partial charge in [0.15, 0.2) is 11.5 Å². The molecule has 2 N–H and O–H groups in total. The third-order valence-electron chi connectivity index (χ3n) is 3.13. The summed E-state index contributed by atoms with van der Waals surface area (Å²) in [5, 5.41) is 5.68. The van der Waals surface area contributed by atoms with E-state index in [1.165, 1.54) is 0 Å². The Kier molecular flexibility index (Phi) is 5.53. The Hall–Kier alpha value is -1.91. The molecular formula is C15H22N2O3. The van der Waals surface area contributed by atoms with Gasteiger partial charge in [-0.1, -0.05) is 25.8 Å². The molecule has 0 radical (unpaired) electrons. The number of amides is 2. The fraction of sp³-hybridized carbons (Fsp3) is 0.533. The number of nitrogens with one attached hydrogen (secondary N) is 2. The number of carbonyl (C=O) groups excluding carboxylic acids is 1. The van der Waals surface area contributed by atoms with Crippen LogP contribution in [0, 0.1) is 0 Å². The minimum absolute atomic E-state index is 0.129. The molecule has 2 amide bonds. The number of fused-ring (bicyclic) bond motifs is 1. The fourth-order valence-corrected chi connectivity index (χ4v) is 2.02. The van der Waals surface area contributed by atoms with E-state index in [2.05, 4.69) is 17.6 Å². The largest absolute Gasteiger partial charge is 0.486 e. The number of ether oxygens (including phenoxy) is 2. The number of urea groups is 1. The number of carbonyl (C=O) groups is 1. The van der Waals surface area contributed by atoms with E-state index < -0.39 is 0 Å². The highest BCUT2D eigenvalue weighted by Crippen LogP contribution is 2.30. The lowest BCUT2D eigenvalue weighted by Crippen LogP contribution is -2.35. The normalized spacial score (nSPS) is 12.8. The Bertz CT molecular complexity index is 449. The van der Waals surface area contributed by atoms with Gasteiger partial charge in [0.1, 0.15) is 13.2 Å². The molecule has 110 valence electrons. The van der Waals surface area contributed by atoms with Gasteiger partial charge in [0.2, 0.25) is 0 Å². The summed E-state index contributed by atoms with van der Waals surface area (Å²) < 4.78 is 11.0. The first-order valence-electron chi connectivity index (χ1n) is 7.20. The number of hydrogen-bond donors (Lipinski definition) is 2. The van der Waals surface area contributed by atoms with Crippen molar-refractivity contribution >= 4 is 6.03 Å². The quantitative estimate of drug-likeness (QED) is 0.786. The summed E-state index contributed by atoms with van der Waals surface area (Å²) in [6, 6.07) is 5.59. The van der Waals surface area contributed by atoms with Gasteiger partial charge in [0, 0.05) is 13.1 Å². The van der Waals surface area contributed by atoms with Crippen LogP contribution < -0.4 is 20.1 Å². The number of rotatable bonds is 6. The summed E-state index contributed by atoms with van der Waals surface area (Å²) >= 11 is 0. The first-order valence-corrected chi connectivity index (χ1v) is 7.20. The maximum absolute atomic E-state index is 11.6. The summed E-state index contributed by atoms with van der Waals surface area (Å²) in [5.74, 6) is 1.52. The maximum Gasteiger partial charge on any atom is 0.315 e. The predicted octanol–water partition coefficient (Wildman–Crippen LogP) is 2.45. The van der Waals surface area contributed by atoms with Crippen LogP contribution in [0.4, 0.5) is 4.79 Å². The number of unbranched alkanes of at least 4 members (excludes halogenated alkanes) is 2. The highest BCUT2D eigenvalue weighted by molar-refractivity contribution is 5.73. The van der Waals surface area contributed by atoms with Crippen molar-refractivity contribution in [3.63, 3.8) is 0 Å². The molecule has 0 saturated carbocycles. The van der Waals surface area contributed by atoms with Gasteiger partial charge in [-0.15, -0.1) is 0 Å². The van der Waals surface area contributed by atoms with Crippen molar-refractivity contribution in [1.82, 2.24) is 10.6 Å². The summed E-state index contributed by atoms with van der Waals surface area (Å²) in [5.41, 5.74) is 0.998. The van der Waals surface area contributed by atoms with E-state index in [-0.39, 0.29) is 6.03 Å². The van der Waals surface area contributed by atoms with Crippen LogP contribution in [-0.4, -0.2) is 25.8 Å². The molecule has 1 aliphatic heterocycles. The summed E-state index contributed by atoms with van der Waals surface area (Å²) in [6.07, 6.45) is 3.32. The van der Waals surface area contributed by atoms with Crippen molar-refractivity contribution in [1.29, 1.82) is 0 Å². The molecule has 0 atom stereocenters. The Morgan fingerprint density at radius 2 is 1.95 bits per heavy atom. The third-order valence-corrected chi connectivity index (χ3v) is 3.13. The Morgan fingerprint density at radius 1 is 1.15 bits per heavy atom. The number of hydrogen-bond acceptors (Lipinski definition) is 3. The molecule has 0 spiro atoms. The third kappa shape index (κ3) is 4.33. The average Bonchev–Trinajstić information content (AvgIpc) is 2.49. The molecule has 1 heterocycles. The van der Waals surface area contributed by atoms with E-state index in [4.69, 9.17) is 9.47 Å². The van der Waals surface area contributed by atoms with Crippen LogP contribution in [0.3, 0.4) is 0 Å². The van der Waals surface area contributed by atoms with Crippen LogP contribution in [0.15, 0.2) is 18.2 Å². The molecular weight excluding hydrogens is 256 g/mol. The molecule has 5 nitrogen and oxygen atoms in total. The monoisotopic (exact) mass is 278 g/mol. The van der Waals surface area contributed by atoms with Crippen LogP contribution in [0.25, 0.3) is 0 Å². The molecule has 5 heteroatoms. The lowest BCUT2D eigenvalue weighted by molar-refractivity contribution is 0.171. The van der Waals surface area contributed by atoms with Crippen LogP contribution in [-0.2, 0) is 6.54 Å². The Labute approximate surface area is 119 Å². The van der Waals surface area contributed by atoms with Gasteiger partial charge in [0.25, 0.3) is 0 Å². The topological polar surface area (TPSA) is 59.6 Å². The smallest absolute Gasteiger partial charge is 0.315 e. The first-order chi connectivity index (χ1) is 9.79. The van der Waals surface area contributed by atoms with Gasteiger partial charge in [0.05, 0.1) is 0 Å². The van der Waals surface area contributed by atoms with Gasteiger partial charge in [-0.25, -0.2) is 4.79 Å². The van der Waals surface area contributed by atoms with Crippen LogP contribution in [0.1, 0.15) is 31.7 Å². The lowest BCUT2D eigenvalue weighted by atomic mass is 10.2. The van der Waals surface area contributed by atoms with Crippen LogP contribution in [0.2, 0.25) is 0 Å². The molecule has 1 aromatic carbocycles. The predicted molar refractivity (Wildman–Crippen MR) is 77.2 cm³/mol. The second kappa shape index (κ2) is 7.62. The highest BCUT2D eigenvalue weighted by atomic mass is 16.6. The van der Waals surface area contributed by atoms with E-state index in [9.17, 15) is 4.79 Å². The van der Waals surface area contributed by atoms with E-state index >= 15 is 0 Å². The summed E-state index contributed by atoms with van der Waals surface area (Å²) in [6.45, 7) is 4.51. The maximum atomic E-state index is 11.6. The SMILES string of the molecule is CCCCCNC(=O)NCc1ccc2c(c1)OCCO2. The molecule has 0 fully saturated rings. The van der Waals surface area contributed by atoms with E-state index in [0.717, 1.165) is 42.9 Å². The first kappa shape index (κ1) is 14.5. The molecule has 1 aliphatic rings. The van der Waals surface area contributed by atoms with Crippen molar-refractivity contribution in [3.05, 3.63) is 23.8 Å². The van der Waals surface area contributed by atoms with Crippen molar-refractivity contribution < 1.29 is 14.3 Å². The molecule has 2 rings (SSSR count). The van der Waals surface area contributed by atoms with Gasteiger partial charge in [-0.2, -0.15) is 0 Å².